The van der Waals surface area contributed by atoms with Crippen molar-refractivity contribution in [2.45, 2.75) is 6.92 Å². The van der Waals surface area contributed by atoms with Crippen LogP contribution in [0.5, 0.6) is 0 Å². The zero-order chi connectivity index (χ0) is 8.57. The molecule has 0 saturated carbocycles. The molecule has 0 aliphatic heterocycles. The van der Waals surface area contributed by atoms with Crippen LogP contribution >= 0.6 is 0 Å². The molecule has 0 rings (SSSR count). The van der Waals surface area contributed by atoms with Gasteiger partial charge in [0.05, 0.1) is 0 Å². The molecule has 0 aromatic rings. The van der Waals surface area contributed by atoms with E-state index in [-0.39, 0.29) is 5.57 Å². The second kappa shape index (κ2) is 7.55. The molecular formula is C5H7NO4. The molecule has 0 fully saturated rings. The molecule has 2 N–H and O–H groups in total. The van der Waals surface area contributed by atoms with Crippen molar-refractivity contribution in [3.05, 3.63) is 12.2 Å². The molecule has 0 radical (unpaired) electrons. The minimum absolute atomic E-state index is 0.183. The van der Waals surface area contributed by atoms with Gasteiger partial charge in [0.1, 0.15) is 0 Å². The third-order valence-corrected chi connectivity index (χ3v) is 0.431. The standard InChI is InChI=1S/C4H6O3.CHNO/c1-3(2)4(5)7-6;2-1-3/h6H,1H2,2H3;2H. The molecular weight excluding hydrogens is 138 g/mol. The number of hydrogen-bond acceptors (Lipinski definition) is 5. The van der Waals surface area contributed by atoms with E-state index in [9.17, 15) is 4.79 Å². The Balaban J connectivity index is 0. The molecule has 0 aliphatic carbocycles. The number of nitrogens with one attached hydrogen (secondary N) is 1. The highest BCUT2D eigenvalue weighted by atomic mass is 17.1. The van der Waals surface area contributed by atoms with Crippen molar-refractivity contribution in [3.8, 4) is 0 Å². The molecule has 0 saturated heterocycles. The van der Waals surface area contributed by atoms with Crippen LogP contribution in [0.25, 0.3) is 0 Å². The van der Waals surface area contributed by atoms with Gasteiger partial charge in [-0.25, -0.2) is 15.0 Å². The van der Waals surface area contributed by atoms with Gasteiger partial charge < -0.3 is 0 Å². The summed E-state index contributed by atoms with van der Waals surface area (Å²) in [6, 6.07) is 0. The maximum absolute atomic E-state index is 9.94. The molecule has 5 nitrogen and oxygen atoms in total. The monoisotopic (exact) mass is 145 g/mol. The Morgan fingerprint density at radius 3 is 2.10 bits per heavy atom. The fourth-order valence-electron chi connectivity index (χ4n) is 0.0779. The Bertz CT molecular complexity index is 157. The molecule has 0 unspecified atom stereocenters. The SMILES string of the molecule is C=C(C)C(=O)OO.N=C=O. The lowest BCUT2D eigenvalue weighted by Gasteiger charge is -1.88. The van der Waals surface area contributed by atoms with Gasteiger partial charge >= 0.3 is 5.97 Å². The highest BCUT2D eigenvalue weighted by molar-refractivity contribution is 5.86. The fourth-order valence-corrected chi connectivity index (χ4v) is 0.0779. The van der Waals surface area contributed by atoms with Gasteiger partial charge in [0.25, 0.3) is 0 Å². The summed E-state index contributed by atoms with van der Waals surface area (Å²) in [6.45, 7) is 4.63. The van der Waals surface area contributed by atoms with Crippen molar-refractivity contribution in [3.63, 3.8) is 0 Å². The van der Waals surface area contributed by atoms with Crippen LogP contribution in [0.1, 0.15) is 6.92 Å². The molecule has 0 amide bonds. The van der Waals surface area contributed by atoms with Crippen LogP contribution in [0.4, 0.5) is 0 Å². The zero-order valence-corrected chi connectivity index (χ0v) is 5.38. The zero-order valence-electron chi connectivity index (χ0n) is 5.38. The van der Waals surface area contributed by atoms with Crippen molar-refractivity contribution in [1.29, 1.82) is 5.41 Å². The predicted octanol–water partition coefficient (Wildman–Crippen LogP) is 0.480. The van der Waals surface area contributed by atoms with E-state index >= 15 is 0 Å². The lowest BCUT2D eigenvalue weighted by atomic mass is 10.4. The molecule has 0 aliphatic rings. The summed E-state index contributed by atoms with van der Waals surface area (Å²) in [5.74, 6) is -0.792. The van der Waals surface area contributed by atoms with E-state index in [1.165, 1.54) is 6.92 Å². The average molecular weight is 145 g/mol. The number of carbonyl (C=O) groups excluding carboxylic acids is 2. The van der Waals surface area contributed by atoms with Gasteiger partial charge in [0, 0.05) is 5.57 Å². The van der Waals surface area contributed by atoms with Gasteiger partial charge in [-0.1, -0.05) is 6.58 Å². The molecule has 0 atom stereocenters. The van der Waals surface area contributed by atoms with E-state index in [1.54, 1.807) is 0 Å². The molecule has 56 valence electrons. The van der Waals surface area contributed by atoms with Crippen LogP contribution < -0.4 is 0 Å². The first-order chi connectivity index (χ1) is 4.59. The highest BCUT2D eigenvalue weighted by Crippen LogP contribution is 1.86. The van der Waals surface area contributed by atoms with Gasteiger partial charge in [-0.2, -0.15) is 5.26 Å². The third-order valence-electron chi connectivity index (χ3n) is 0.431. The van der Waals surface area contributed by atoms with E-state index in [0.29, 0.717) is 0 Å². The van der Waals surface area contributed by atoms with Gasteiger partial charge in [0.15, 0.2) is 0 Å². The third kappa shape index (κ3) is 9.75. The van der Waals surface area contributed by atoms with Gasteiger partial charge in [-0.15, -0.1) is 0 Å². The van der Waals surface area contributed by atoms with E-state index < -0.39 is 5.97 Å². The molecule has 0 aromatic carbocycles. The minimum Gasteiger partial charge on any atom is -0.296 e. The van der Waals surface area contributed by atoms with Crippen LogP contribution in [-0.2, 0) is 14.5 Å². The van der Waals surface area contributed by atoms with Crippen LogP contribution in [0.3, 0.4) is 0 Å². The highest BCUT2D eigenvalue weighted by Gasteiger charge is 1.98. The number of rotatable bonds is 1. The Kier molecular flexibility index (Phi) is 8.58. The van der Waals surface area contributed by atoms with E-state index in [2.05, 4.69) is 11.5 Å². The summed E-state index contributed by atoms with van der Waals surface area (Å²) < 4.78 is 0. The van der Waals surface area contributed by atoms with E-state index in [1.807, 2.05) is 0 Å². The molecule has 0 heterocycles. The summed E-state index contributed by atoms with van der Waals surface area (Å²) in [7, 11) is 0. The molecule has 0 aromatic heterocycles. The number of hydrogen-bond donors (Lipinski definition) is 2. The van der Waals surface area contributed by atoms with Crippen LogP contribution in [0.15, 0.2) is 12.2 Å². The van der Waals surface area contributed by atoms with Crippen molar-refractivity contribution in [2.24, 2.45) is 0 Å². The Hall–Kier alpha value is -1.45. The lowest BCUT2D eigenvalue weighted by Crippen LogP contribution is -1.99. The summed E-state index contributed by atoms with van der Waals surface area (Å²) in [5.41, 5.74) is 0.183. The Labute approximate surface area is 57.4 Å². The summed E-state index contributed by atoms with van der Waals surface area (Å²) in [4.78, 5) is 21.6. The van der Waals surface area contributed by atoms with Crippen molar-refractivity contribution >= 4 is 12.0 Å². The predicted molar refractivity (Wildman–Crippen MR) is 31.9 cm³/mol. The molecule has 5 heteroatoms. The minimum atomic E-state index is -0.792. The van der Waals surface area contributed by atoms with Crippen molar-refractivity contribution < 1.29 is 19.7 Å². The van der Waals surface area contributed by atoms with Crippen molar-refractivity contribution in [1.82, 2.24) is 0 Å². The molecule has 0 bridgehead atoms. The lowest BCUT2D eigenvalue weighted by molar-refractivity contribution is -0.229. The number of isocyanates is 1. The van der Waals surface area contributed by atoms with Crippen LogP contribution in [-0.4, -0.2) is 17.3 Å². The molecule has 10 heavy (non-hydrogen) atoms. The topological polar surface area (TPSA) is 87.4 Å². The average Bonchev–Trinajstić information content (AvgIpc) is 1.88. The van der Waals surface area contributed by atoms with Crippen molar-refractivity contribution in [2.75, 3.05) is 0 Å². The second-order valence-corrected chi connectivity index (χ2v) is 1.26. The maximum Gasteiger partial charge on any atom is 0.367 e. The van der Waals surface area contributed by atoms with Crippen LogP contribution in [0.2, 0.25) is 0 Å². The van der Waals surface area contributed by atoms with Gasteiger partial charge in [-0.3, -0.25) is 4.89 Å². The Morgan fingerprint density at radius 2 is 2.10 bits per heavy atom. The summed E-state index contributed by atoms with van der Waals surface area (Å²) in [6.07, 6.45) is 0.750. The largest absolute Gasteiger partial charge is 0.367 e. The summed E-state index contributed by atoms with van der Waals surface area (Å²) in [5, 5.41) is 13.0. The first-order valence-electron chi connectivity index (χ1n) is 2.15. The smallest absolute Gasteiger partial charge is 0.296 e. The Morgan fingerprint density at radius 1 is 1.80 bits per heavy atom. The maximum atomic E-state index is 9.94. The van der Waals surface area contributed by atoms with Gasteiger partial charge in [0.2, 0.25) is 6.08 Å². The van der Waals surface area contributed by atoms with E-state index in [4.69, 9.17) is 15.5 Å². The number of carbonyl (C=O) groups is 1. The molecule has 0 spiro atoms. The second-order valence-electron chi connectivity index (χ2n) is 1.26. The normalized spacial score (nSPS) is 6.20. The summed E-state index contributed by atoms with van der Waals surface area (Å²) >= 11 is 0. The van der Waals surface area contributed by atoms with E-state index in [0.717, 1.165) is 6.08 Å². The first-order valence-corrected chi connectivity index (χ1v) is 2.15. The quantitative estimate of drug-likeness (QED) is 0.185. The fraction of sp³-hybridized carbons (Fsp3) is 0.200. The first kappa shape index (κ1) is 11.4. The van der Waals surface area contributed by atoms with Crippen LogP contribution in [0, 0.1) is 5.41 Å². The van der Waals surface area contributed by atoms with Gasteiger partial charge in [-0.05, 0) is 6.92 Å².